The summed E-state index contributed by atoms with van der Waals surface area (Å²) in [4.78, 5) is 11.8. The van der Waals surface area contributed by atoms with Crippen LogP contribution in [0.4, 0.5) is 0 Å². The average Bonchev–Trinajstić information content (AvgIpc) is 2.59. The molecule has 0 radical (unpaired) electrons. The Bertz CT molecular complexity index is 631. The van der Waals surface area contributed by atoms with Crippen molar-refractivity contribution >= 4 is 29.3 Å². The number of carbonyl (C=O) groups is 1. The lowest BCUT2D eigenvalue weighted by molar-refractivity contribution is -0.120. The molecule has 0 aromatic heterocycles. The standard InChI is InChI=1S/C18H20ClNO2S/c1-22-16-8-6-14(7-9-16)12-20-18(21)10-11-23-13-15-4-2-3-5-17(15)19/h2-9H,10-13H2,1H3,(H,20,21). The molecule has 0 atom stereocenters. The van der Waals surface area contributed by atoms with Crippen molar-refractivity contribution in [3.63, 3.8) is 0 Å². The highest BCUT2D eigenvalue weighted by Crippen LogP contribution is 2.21. The van der Waals surface area contributed by atoms with Gasteiger partial charge in [-0.2, -0.15) is 11.8 Å². The van der Waals surface area contributed by atoms with Crippen molar-refractivity contribution in [2.75, 3.05) is 12.9 Å². The number of ether oxygens (including phenoxy) is 1. The van der Waals surface area contributed by atoms with Gasteiger partial charge in [0.2, 0.25) is 5.91 Å². The third-order valence-corrected chi connectivity index (χ3v) is 4.71. The van der Waals surface area contributed by atoms with E-state index in [9.17, 15) is 4.79 Å². The van der Waals surface area contributed by atoms with Crippen LogP contribution in [0.1, 0.15) is 17.5 Å². The summed E-state index contributed by atoms with van der Waals surface area (Å²) in [6, 6.07) is 15.5. The summed E-state index contributed by atoms with van der Waals surface area (Å²) in [5.74, 6) is 2.48. The number of nitrogens with one attached hydrogen (secondary N) is 1. The quantitative estimate of drug-likeness (QED) is 0.722. The Morgan fingerprint density at radius 2 is 1.91 bits per heavy atom. The Morgan fingerprint density at radius 1 is 1.17 bits per heavy atom. The summed E-state index contributed by atoms with van der Waals surface area (Å²) in [6.07, 6.45) is 0.505. The summed E-state index contributed by atoms with van der Waals surface area (Å²) in [7, 11) is 1.64. The third kappa shape index (κ3) is 6.16. The fourth-order valence-corrected chi connectivity index (χ4v) is 3.22. The molecule has 0 saturated heterocycles. The summed E-state index contributed by atoms with van der Waals surface area (Å²) in [5.41, 5.74) is 2.17. The molecule has 2 aromatic rings. The van der Waals surface area contributed by atoms with E-state index in [0.717, 1.165) is 33.4 Å². The average molecular weight is 350 g/mol. The predicted molar refractivity (Wildman–Crippen MR) is 97.1 cm³/mol. The van der Waals surface area contributed by atoms with E-state index >= 15 is 0 Å². The molecule has 122 valence electrons. The monoisotopic (exact) mass is 349 g/mol. The number of rotatable bonds is 8. The fraction of sp³-hybridized carbons (Fsp3) is 0.278. The van der Waals surface area contributed by atoms with Gasteiger partial charge in [0.05, 0.1) is 7.11 Å². The van der Waals surface area contributed by atoms with Crippen LogP contribution in [0, 0.1) is 0 Å². The van der Waals surface area contributed by atoms with Crippen LogP contribution in [-0.2, 0) is 17.1 Å². The molecule has 2 rings (SSSR count). The zero-order valence-corrected chi connectivity index (χ0v) is 14.6. The maximum absolute atomic E-state index is 11.8. The second-order valence-electron chi connectivity index (χ2n) is 5.02. The largest absolute Gasteiger partial charge is 0.497 e. The summed E-state index contributed by atoms with van der Waals surface area (Å²) >= 11 is 7.82. The summed E-state index contributed by atoms with van der Waals surface area (Å²) < 4.78 is 5.11. The van der Waals surface area contributed by atoms with Crippen LogP contribution in [-0.4, -0.2) is 18.8 Å². The Labute approximate surface area is 146 Å². The lowest BCUT2D eigenvalue weighted by atomic mass is 10.2. The second kappa shape index (κ2) is 9.48. The summed E-state index contributed by atoms with van der Waals surface area (Å²) in [5, 5.41) is 3.71. The lowest BCUT2D eigenvalue weighted by Gasteiger charge is -2.07. The second-order valence-corrected chi connectivity index (χ2v) is 6.53. The SMILES string of the molecule is COc1ccc(CNC(=O)CCSCc2ccccc2Cl)cc1. The Kier molecular flexibility index (Phi) is 7.30. The van der Waals surface area contributed by atoms with Crippen molar-refractivity contribution < 1.29 is 9.53 Å². The molecule has 1 N–H and O–H groups in total. The first-order valence-corrected chi connectivity index (χ1v) is 8.93. The normalized spacial score (nSPS) is 10.3. The molecule has 0 saturated carbocycles. The smallest absolute Gasteiger partial charge is 0.221 e. The highest BCUT2D eigenvalue weighted by Gasteiger charge is 2.03. The van der Waals surface area contributed by atoms with Gasteiger partial charge in [-0.3, -0.25) is 4.79 Å². The molecule has 23 heavy (non-hydrogen) atoms. The van der Waals surface area contributed by atoms with Crippen LogP contribution >= 0.6 is 23.4 Å². The molecular weight excluding hydrogens is 330 g/mol. The first kappa shape index (κ1) is 17.7. The molecule has 3 nitrogen and oxygen atoms in total. The van der Waals surface area contributed by atoms with Gasteiger partial charge in [0.1, 0.15) is 5.75 Å². The topological polar surface area (TPSA) is 38.3 Å². The van der Waals surface area contributed by atoms with Crippen LogP contribution in [0.15, 0.2) is 48.5 Å². The molecule has 0 fully saturated rings. The van der Waals surface area contributed by atoms with Crippen molar-refractivity contribution in [3.05, 3.63) is 64.7 Å². The molecule has 0 aliphatic carbocycles. The number of thioether (sulfide) groups is 1. The summed E-state index contributed by atoms with van der Waals surface area (Å²) in [6.45, 7) is 0.540. The van der Waals surface area contributed by atoms with E-state index in [2.05, 4.69) is 5.32 Å². The predicted octanol–water partition coefficient (Wildman–Crippen LogP) is 4.29. The number of halogens is 1. The van der Waals surface area contributed by atoms with Crippen molar-refractivity contribution in [1.29, 1.82) is 0 Å². The minimum absolute atomic E-state index is 0.0625. The third-order valence-electron chi connectivity index (χ3n) is 3.34. The van der Waals surface area contributed by atoms with E-state index in [1.165, 1.54) is 0 Å². The van der Waals surface area contributed by atoms with Gasteiger partial charge in [-0.25, -0.2) is 0 Å². The maximum Gasteiger partial charge on any atom is 0.221 e. The Morgan fingerprint density at radius 3 is 2.61 bits per heavy atom. The first-order valence-electron chi connectivity index (χ1n) is 7.40. The Balaban J connectivity index is 1.64. The highest BCUT2D eigenvalue weighted by molar-refractivity contribution is 7.98. The van der Waals surface area contributed by atoms with Gasteiger partial charge >= 0.3 is 0 Å². The van der Waals surface area contributed by atoms with E-state index in [-0.39, 0.29) is 5.91 Å². The van der Waals surface area contributed by atoms with E-state index in [1.54, 1.807) is 18.9 Å². The van der Waals surface area contributed by atoms with Crippen LogP contribution < -0.4 is 10.1 Å². The number of hydrogen-bond donors (Lipinski definition) is 1. The highest BCUT2D eigenvalue weighted by atomic mass is 35.5. The van der Waals surface area contributed by atoms with E-state index in [4.69, 9.17) is 16.3 Å². The van der Waals surface area contributed by atoms with Gasteiger partial charge in [-0.15, -0.1) is 0 Å². The fourth-order valence-electron chi connectivity index (χ4n) is 1.99. The van der Waals surface area contributed by atoms with E-state index < -0.39 is 0 Å². The van der Waals surface area contributed by atoms with Crippen molar-refractivity contribution in [2.24, 2.45) is 0 Å². The lowest BCUT2D eigenvalue weighted by Crippen LogP contribution is -2.22. The maximum atomic E-state index is 11.8. The molecule has 1 amide bonds. The Hall–Kier alpha value is -1.65. The van der Waals surface area contributed by atoms with Crippen molar-refractivity contribution in [2.45, 2.75) is 18.7 Å². The molecule has 0 aliphatic heterocycles. The minimum Gasteiger partial charge on any atom is -0.497 e. The molecule has 0 spiro atoms. The molecule has 0 bridgehead atoms. The van der Waals surface area contributed by atoms with E-state index in [1.807, 2.05) is 48.5 Å². The number of amides is 1. The van der Waals surface area contributed by atoms with Gasteiger partial charge in [0.15, 0.2) is 0 Å². The van der Waals surface area contributed by atoms with Gasteiger partial charge in [0.25, 0.3) is 0 Å². The number of benzene rings is 2. The molecular formula is C18H20ClNO2S. The molecule has 5 heteroatoms. The van der Waals surface area contributed by atoms with Gasteiger partial charge in [-0.1, -0.05) is 41.9 Å². The van der Waals surface area contributed by atoms with Crippen molar-refractivity contribution in [1.82, 2.24) is 5.32 Å². The van der Waals surface area contributed by atoms with Gasteiger partial charge < -0.3 is 10.1 Å². The van der Waals surface area contributed by atoms with Crippen LogP contribution in [0.2, 0.25) is 5.02 Å². The van der Waals surface area contributed by atoms with Crippen molar-refractivity contribution in [3.8, 4) is 5.75 Å². The minimum atomic E-state index is 0.0625. The number of carbonyl (C=O) groups excluding carboxylic acids is 1. The van der Waals surface area contributed by atoms with Crippen LogP contribution in [0.5, 0.6) is 5.75 Å². The van der Waals surface area contributed by atoms with E-state index in [0.29, 0.717) is 13.0 Å². The zero-order chi connectivity index (χ0) is 16.5. The van der Waals surface area contributed by atoms with Crippen LogP contribution in [0.3, 0.4) is 0 Å². The number of hydrogen-bond acceptors (Lipinski definition) is 3. The van der Waals surface area contributed by atoms with Crippen LogP contribution in [0.25, 0.3) is 0 Å². The van der Waals surface area contributed by atoms with Gasteiger partial charge in [-0.05, 0) is 29.3 Å². The number of methoxy groups -OCH3 is 1. The van der Waals surface area contributed by atoms with Gasteiger partial charge in [0, 0.05) is 29.5 Å². The molecule has 0 aliphatic rings. The molecule has 2 aromatic carbocycles. The molecule has 0 unspecified atom stereocenters. The first-order chi connectivity index (χ1) is 11.2. The zero-order valence-electron chi connectivity index (χ0n) is 13.0. The molecule has 0 heterocycles.